The summed E-state index contributed by atoms with van der Waals surface area (Å²) in [5, 5.41) is 0. The third-order valence-corrected chi connectivity index (χ3v) is 4.02. The molecule has 0 bridgehead atoms. The Kier molecular flexibility index (Phi) is 3.77. The molecular formula is C15H17FN2O3. The molecule has 2 fully saturated rings. The Labute approximate surface area is 122 Å². The molecular weight excluding hydrogens is 275 g/mol. The summed E-state index contributed by atoms with van der Waals surface area (Å²) in [6.07, 6.45) is 0.759. The molecule has 0 aliphatic carbocycles. The van der Waals surface area contributed by atoms with Gasteiger partial charge in [0.15, 0.2) is 0 Å². The molecule has 6 heteroatoms. The highest BCUT2D eigenvalue weighted by molar-refractivity contribution is 5.79. The molecule has 1 unspecified atom stereocenters. The average molecular weight is 292 g/mol. The van der Waals surface area contributed by atoms with Crippen LogP contribution in [0.15, 0.2) is 24.3 Å². The number of amides is 2. The number of hydrogen-bond donors (Lipinski definition) is 0. The minimum absolute atomic E-state index is 0.0108. The second-order valence-electron chi connectivity index (χ2n) is 5.39. The number of benzene rings is 1. The lowest BCUT2D eigenvalue weighted by molar-refractivity contribution is -0.129. The fourth-order valence-electron chi connectivity index (χ4n) is 2.85. The van der Waals surface area contributed by atoms with E-state index in [1.165, 1.54) is 12.1 Å². The molecule has 0 N–H and O–H groups in total. The van der Waals surface area contributed by atoms with Crippen molar-refractivity contribution in [1.29, 1.82) is 0 Å². The predicted octanol–water partition coefficient (Wildman–Crippen LogP) is 1.42. The van der Waals surface area contributed by atoms with E-state index in [2.05, 4.69) is 0 Å². The summed E-state index contributed by atoms with van der Waals surface area (Å²) in [7, 11) is 0. The fraction of sp³-hybridized carbons (Fsp3) is 0.467. The van der Waals surface area contributed by atoms with Crippen molar-refractivity contribution in [1.82, 2.24) is 9.80 Å². The van der Waals surface area contributed by atoms with Crippen LogP contribution in [0.5, 0.6) is 0 Å². The minimum atomic E-state index is -0.306. The molecule has 0 saturated carbocycles. The quantitative estimate of drug-likeness (QED) is 0.846. The summed E-state index contributed by atoms with van der Waals surface area (Å²) >= 11 is 0. The first-order valence-corrected chi connectivity index (χ1v) is 7.09. The zero-order chi connectivity index (χ0) is 14.8. The van der Waals surface area contributed by atoms with Crippen LogP contribution >= 0.6 is 0 Å². The van der Waals surface area contributed by atoms with E-state index in [1.807, 2.05) is 0 Å². The predicted molar refractivity (Wildman–Crippen MR) is 73.1 cm³/mol. The Balaban J connectivity index is 1.57. The van der Waals surface area contributed by atoms with E-state index in [9.17, 15) is 14.0 Å². The first-order chi connectivity index (χ1) is 10.1. The van der Waals surface area contributed by atoms with Crippen LogP contribution in [0.2, 0.25) is 0 Å². The summed E-state index contributed by atoms with van der Waals surface area (Å²) in [6.45, 7) is 2.23. The van der Waals surface area contributed by atoms with E-state index < -0.39 is 0 Å². The number of nitrogens with zero attached hydrogens (tertiary/aromatic N) is 2. The maximum absolute atomic E-state index is 12.8. The Morgan fingerprint density at radius 3 is 2.71 bits per heavy atom. The Morgan fingerprint density at radius 2 is 2.05 bits per heavy atom. The standard InChI is InChI=1S/C15H17FN2O3/c16-12-3-1-11(2-4-12)9-14(19)17-6-5-13(10-17)18-7-8-21-15(18)20/h1-4,13H,5-10H2. The highest BCUT2D eigenvalue weighted by Crippen LogP contribution is 2.20. The van der Waals surface area contributed by atoms with Crippen LogP contribution in [-0.2, 0) is 16.0 Å². The molecule has 0 spiro atoms. The highest BCUT2D eigenvalue weighted by Gasteiger charge is 2.35. The number of halogens is 1. The van der Waals surface area contributed by atoms with Gasteiger partial charge >= 0.3 is 6.09 Å². The number of hydrogen-bond acceptors (Lipinski definition) is 3. The van der Waals surface area contributed by atoms with Gasteiger partial charge in [0.25, 0.3) is 0 Å². The summed E-state index contributed by atoms with van der Waals surface area (Å²) in [5.74, 6) is -0.295. The first-order valence-electron chi connectivity index (χ1n) is 7.09. The van der Waals surface area contributed by atoms with Crippen LogP contribution in [0.4, 0.5) is 9.18 Å². The summed E-state index contributed by atoms with van der Waals surface area (Å²) in [6, 6.07) is 6.01. The van der Waals surface area contributed by atoms with Crippen molar-refractivity contribution in [2.45, 2.75) is 18.9 Å². The van der Waals surface area contributed by atoms with Crippen molar-refractivity contribution in [2.75, 3.05) is 26.2 Å². The van der Waals surface area contributed by atoms with E-state index in [1.54, 1.807) is 21.9 Å². The summed E-state index contributed by atoms with van der Waals surface area (Å²) in [5.41, 5.74) is 0.797. The molecule has 3 rings (SSSR count). The van der Waals surface area contributed by atoms with E-state index >= 15 is 0 Å². The molecule has 2 amide bonds. The molecule has 21 heavy (non-hydrogen) atoms. The van der Waals surface area contributed by atoms with E-state index in [4.69, 9.17) is 4.74 Å². The van der Waals surface area contributed by atoms with Crippen LogP contribution in [0.25, 0.3) is 0 Å². The monoisotopic (exact) mass is 292 g/mol. The molecule has 112 valence electrons. The van der Waals surface area contributed by atoms with Crippen LogP contribution in [0, 0.1) is 5.82 Å². The van der Waals surface area contributed by atoms with Crippen LogP contribution in [-0.4, -0.2) is 54.1 Å². The number of likely N-dealkylation sites (tertiary alicyclic amines) is 1. The number of cyclic esters (lactones) is 1. The molecule has 1 aromatic carbocycles. The van der Waals surface area contributed by atoms with E-state index in [0.29, 0.717) is 26.2 Å². The zero-order valence-electron chi connectivity index (χ0n) is 11.6. The zero-order valence-corrected chi connectivity index (χ0v) is 11.6. The van der Waals surface area contributed by atoms with Crippen LogP contribution < -0.4 is 0 Å². The van der Waals surface area contributed by atoms with Crippen molar-refractivity contribution >= 4 is 12.0 Å². The van der Waals surface area contributed by atoms with Gasteiger partial charge in [-0.1, -0.05) is 12.1 Å². The van der Waals surface area contributed by atoms with Gasteiger partial charge in [0, 0.05) is 13.1 Å². The lowest BCUT2D eigenvalue weighted by atomic mass is 10.1. The second-order valence-corrected chi connectivity index (χ2v) is 5.39. The van der Waals surface area contributed by atoms with Gasteiger partial charge in [-0.25, -0.2) is 9.18 Å². The van der Waals surface area contributed by atoms with Gasteiger partial charge in [0.1, 0.15) is 12.4 Å². The maximum Gasteiger partial charge on any atom is 0.410 e. The normalized spacial score (nSPS) is 21.8. The van der Waals surface area contributed by atoms with E-state index in [-0.39, 0.29) is 30.3 Å². The molecule has 0 radical (unpaired) electrons. The smallest absolute Gasteiger partial charge is 0.410 e. The maximum atomic E-state index is 12.8. The molecule has 1 atom stereocenters. The Hall–Kier alpha value is -2.11. The van der Waals surface area contributed by atoms with Gasteiger partial charge in [0.05, 0.1) is 19.0 Å². The summed E-state index contributed by atoms with van der Waals surface area (Å²) < 4.78 is 17.8. The van der Waals surface area contributed by atoms with Gasteiger partial charge in [-0.3, -0.25) is 9.69 Å². The summed E-state index contributed by atoms with van der Waals surface area (Å²) in [4.78, 5) is 27.2. The van der Waals surface area contributed by atoms with Gasteiger partial charge in [-0.05, 0) is 24.1 Å². The second kappa shape index (κ2) is 5.71. The van der Waals surface area contributed by atoms with Crippen molar-refractivity contribution in [3.8, 4) is 0 Å². The van der Waals surface area contributed by atoms with Crippen LogP contribution in [0.3, 0.4) is 0 Å². The van der Waals surface area contributed by atoms with Crippen molar-refractivity contribution in [3.63, 3.8) is 0 Å². The third kappa shape index (κ3) is 2.99. The number of carbonyl (C=O) groups excluding carboxylic acids is 2. The lowest BCUT2D eigenvalue weighted by Gasteiger charge is -2.21. The molecule has 2 saturated heterocycles. The first kappa shape index (κ1) is 13.9. The average Bonchev–Trinajstić information content (AvgIpc) is 3.09. The topological polar surface area (TPSA) is 49.9 Å². The number of ether oxygens (including phenoxy) is 1. The Bertz CT molecular complexity index is 546. The van der Waals surface area contributed by atoms with Crippen LogP contribution in [0.1, 0.15) is 12.0 Å². The molecule has 0 aromatic heterocycles. The molecule has 2 heterocycles. The minimum Gasteiger partial charge on any atom is -0.448 e. The molecule has 2 aliphatic rings. The lowest BCUT2D eigenvalue weighted by Crippen LogP contribution is -2.39. The van der Waals surface area contributed by atoms with Crippen molar-refractivity contribution in [3.05, 3.63) is 35.6 Å². The molecule has 1 aromatic rings. The van der Waals surface area contributed by atoms with E-state index in [0.717, 1.165) is 12.0 Å². The number of carbonyl (C=O) groups is 2. The highest BCUT2D eigenvalue weighted by atomic mass is 19.1. The molecule has 5 nitrogen and oxygen atoms in total. The van der Waals surface area contributed by atoms with Gasteiger partial charge in [0.2, 0.25) is 5.91 Å². The third-order valence-electron chi connectivity index (χ3n) is 4.02. The number of rotatable bonds is 3. The van der Waals surface area contributed by atoms with Crippen molar-refractivity contribution < 1.29 is 18.7 Å². The van der Waals surface area contributed by atoms with Gasteiger partial charge in [-0.2, -0.15) is 0 Å². The largest absolute Gasteiger partial charge is 0.448 e. The van der Waals surface area contributed by atoms with Crippen molar-refractivity contribution in [2.24, 2.45) is 0 Å². The fourth-order valence-corrected chi connectivity index (χ4v) is 2.85. The van der Waals surface area contributed by atoms with Gasteiger partial charge in [-0.15, -0.1) is 0 Å². The van der Waals surface area contributed by atoms with Gasteiger partial charge < -0.3 is 9.64 Å². The Morgan fingerprint density at radius 1 is 1.29 bits per heavy atom. The molecule has 2 aliphatic heterocycles. The SMILES string of the molecule is O=C(Cc1ccc(F)cc1)N1CCC(N2CCOC2=O)C1.